The van der Waals surface area contributed by atoms with Gasteiger partial charge >= 0.3 is 5.97 Å². The summed E-state index contributed by atoms with van der Waals surface area (Å²) in [5.74, 6) is 0.473. The van der Waals surface area contributed by atoms with Gasteiger partial charge in [-0.25, -0.2) is 4.79 Å². The van der Waals surface area contributed by atoms with Crippen molar-refractivity contribution in [3.8, 4) is 5.75 Å². The van der Waals surface area contributed by atoms with Crippen LogP contribution in [0.1, 0.15) is 50.4 Å². The van der Waals surface area contributed by atoms with E-state index >= 15 is 0 Å². The van der Waals surface area contributed by atoms with Gasteiger partial charge in [-0.1, -0.05) is 0 Å². The van der Waals surface area contributed by atoms with E-state index in [1.165, 1.54) is 0 Å². The molecule has 0 radical (unpaired) electrons. The number of likely N-dealkylation sites (tertiary alicyclic amines) is 1. The van der Waals surface area contributed by atoms with Crippen LogP contribution in [0.2, 0.25) is 0 Å². The summed E-state index contributed by atoms with van der Waals surface area (Å²) >= 11 is 0. The van der Waals surface area contributed by atoms with Crippen LogP contribution < -0.4 is 10.1 Å². The molecule has 6 heteroatoms. The van der Waals surface area contributed by atoms with Crippen molar-refractivity contribution >= 4 is 11.7 Å². The van der Waals surface area contributed by atoms with E-state index in [0.717, 1.165) is 57.0 Å². The van der Waals surface area contributed by atoms with Gasteiger partial charge in [0.2, 0.25) is 0 Å². The molecule has 3 rings (SSSR count). The largest absolute Gasteiger partial charge is 0.489 e. The van der Waals surface area contributed by atoms with Crippen LogP contribution in [0.25, 0.3) is 0 Å². The third-order valence-electron chi connectivity index (χ3n) is 4.84. The first kappa shape index (κ1) is 20.0. The van der Waals surface area contributed by atoms with Crippen LogP contribution in [0.15, 0.2) is 18.2 Å². The maximum Gasteiger partial charge on any atom is 0.340 e. The molecule has 150 valence electrons. The molecule has 2 aliphatic rings. The van der Waals surface area contributed by atoms with E-state index in [2.05, 4.69) is 17.3 Å². The molecule has 2 heterocycles. The SMILES string of the molecule is CN1CC[C@H](Oc2ccc(C(=O)OC(C)(C)C)c(NC3CCOCC3)c2)C1. The van der Waals surface area contributed by atoms with E-state index in [0.29, 0.717) is 5.56 Å². The molecular weight excluding hydrogens is 344 g/mol. The fourth-order valence-corrected chi connectivity index (χ4v) is 3.47. The highest BCUT2D eigenvalue weighted by Gasteiger charge is 2.25. The highest BCUT2D eigenvalue weighted by molar-refractivity contribution is 5.96. The monoisotopic (exact) mass is 376 g/mol. The molecule has 2 saturated heterocycles. The summed E-state index contributed by atoms with van der Waals surface area (Å²) < 4.78 is 17.2. The van der Waals surface area contributed by atoms with Crippen LogP contribution in [0.3, 0.4) is 0 Å². The van der Waals surface area contributed by atoms with Crippen LogP contribution in [0.4, 0.5) is 5.69 Å². The molecule has 2 aliphatic heterocycles. The normalized spacial score (nSPS) is 21.9. The lowest BCUT2D eigenvalue weighted by Crippen LogP contribution is -2.29. The third-order valence-corrected chi connectivity index (χ3v) is 4.84. The fourth-order valence-electron chi connectivity index (χ4n) is 3.47. The maximum absolute atomic E-state index is 12.7. The summed E-state index contributed by atoms with van der Waals surface area (Å²) in [6.45, 7) is 9.10. The first-order chi connectivity index (χ1) is 12.8. The van der Waals surface area contributed by atoms with Gasteiger partial charge < -0.3 is 24.4 Å². The van der Waals surface area contributed by atoms with E-state index in [1.54, 1.807) is 0 Å². The summed E-state index contributed by atoms with van der Waals surface area (Å²) in [6.07, 6.45) is 3.06. The van der Waals surface area contributed by atoms with Gasteiger partial charge in [-0.3, -0.25) is 0 Å². The summed E-state index contributed by atoms with van der Waals surface area (Å²) in [5.41, 5.74) is 0.795. The minimum Gasteiger partial charge on any atom is -0.489 e. The van der Waals surface area contributed by atoms with Gasteiger partial charge in [0.1, 0.15) is 17.5 Å². The molecule has 1 N–H and O–H groups in total. The molecule has 6 nitrogen and oxygen atoms in total. The zero-order valence-electron chi connectivity index (χ0n) is 16.9. The number of ether oxygens (including phenoxy) is 3. The van der Waals surface area contributed by atoms with Crippen LogP contribution in [-0.4, -0.2) is 62.0 Å². The molecule has 0 spiro atoms. The van der Waals surface area contributed by atoms with E-state index < -0.39 is 5.60 Å². The number of carbonyl (C=O) groups excluding carboxylic acids is 1. The summed E-state index contributed by atoms with van der Waals surface area (Å²) in [6, 6.07) is 5.90. The van der Waals surface area contributed by atoms with Crippen molar-refractivity contribution in [2.24, 2.45) is 0 Å². The second kappa shape index (κ2) is 8.48. The standard InChI is InChI=1S/C21H32N2O4/c1-21(2,3)27-20(24)18-6-5-16(26-17-7-10-23(4)14-17)13-19(18)22-15-8-11-25-12-9-15/h5-6,13,15,17,22H,7-12,14H2,1-4H3/t17-/m0/s1. The van der Waals surface area contributed by atoms with Gasteiger partial charge in [0, 0.05) is 38.4 Å². The fraction of sp³-hybridized carbons (Fsp3) is 0.667. The minimum atomic E-state index is -0.531. The number of carbonyl (C=O) groups is 1. The average molecular weight is 376 g/mol. The number of benzene rings is 1. The first-order valence-corrected chi connectivity index (χ1v) is 9.87. The number of likely N-dealkylation sites (N-methyl/N-ethyl adjacent to an activating group) is 1. The van der Waals surface area contributed by atoms with Gasteiger partial charge in [0.05, 0.1) is 11.3 Å². The van der Waals surface area contributed by atoms with E-state index in [9.17, 15) is 4.79 Å². The zero-order chi connectivity index (χ0) is 19.4. The molecule has 0 unspecified atom stereocenters. The number of anilines is 1. The molecule has 0 amide bonds. The smallest absolute Gasteiger partial charge is 0.340 e. The van der Waals surface area contributed by atoms with Crippen molar-refractivity contribution in [1.29, 1.82) is 0 Å². The number of rotatable bonds is 5. The predicted octanol–water partition coefficient (Wildman–Crippen LogP) is 3.32. The molecule has 1 aromatic rings. The van der Waals surface area contributed by atoms with E-state index in [1.807, 2.05) is 39.0 Å². The predicted molar refractivity (Wildman–Crippen MR) is 106 cm³/mol. The van der Waals surface area contributed by atoms with Gasteiger partial charge in [-0.05, 0) is 59.2 Å². The summed E-state index contributed by atoms with van der Waals surface area (Å²) in [4.78, 5) is 15.0. The lowest BCUT2D eigenvalue weighted by Gasteiger charge is -2.26. The Hall–Kier alpha value is -1.79. The van der Waals surface area contributed by atoms with Crippen molar-refractivity contribution in [2.75, 3.05) is 38.7 Å². The lowest BCUT2D eigenvalue weighted by atomic mass is 10.1. The summed E-state index contributed by atoms with van der Waals surface area (Å²) in [7, 11) is 2.10. The lowest BCUT2D eigenvalue weighted by molar-refractivity contribution is 0.00706. The Bertz CT molecular complexity index is 650. The molecule has 0 aromatic heterocycles. The third kappa shape index (κ3) is 5.84. The Morgan fingerprint density at radius 3 is 2.59 bits per heavy atom. The van der Waals surface area contributed by atoms with Gasteiger partial charge in [0.15, 0.2) is 0 Å². The topological polar surface area (TPSA) is 60.0 Å². The molecule has 0 aliphatic carbocycles. The maximum atomic E-state index is 12.7. The van der Waals surface area contributed by atoms with Crippen molar-refractivity contribution in [1.82, 2.24) is 4.90 Å². The molecule has 0 saturated carbocycles. The van der Waals surface area contributed by atoms with Gasteiger partial charge in [0.25, 0.3) is 0 Å². The zero-order valence-corrected chi connectivity index (χ0v) is 16.9. The van der Waals surface area contributed by atoms with Crippen molar-refractivity contribution in [2.45, 2.75) is 57.8 Å². The molecule has 2 fully saturated rings. The quantitative estimate of drug-likeness (QED) is 0.796. The number of nitrogens with one attached hydrogen (secondary N) is 1. The van der Waals surface area contributed by atoms with Crippen molar-refractivity contribution < 1.29 is 19.0 Å². The van der Waals surface area contributed by atoms with Crippen LogP contribution in [0.5, 0.6) is 5.75 Å². The minimum absolute atomic E-state index is 0.193. The number of nitrogens with zero attached hydrogens (tertiary/aromatic N) is 1. The van der Waals surface area contributed by atoms with Crippen LogP contribution >= 0.6 is 0 Å². The molecular formula is C21H32N2O4. The molecule has 1 atom stereocenters. The number of hydrogen-bond donors (Lipinski definition) is 1. The van der Waals surface area contributed by atoms with Crippen molar-refractivity contribution in [3.05, 3.63) is 23.8 Å². The number of hydrogen-bond acceptors (Lipinski definition) is 6. The Morgan fingerprint density at radius 2 is 1.96 bits per heavy atom. The Balaban J connectivity index is 1.79. The second-order valence-corrected chi connectivity index (χ2v) is 8.53. The van der Waals surface area contributed by atoms with Gasteiger partial charge in [-0.2, -0.15) is 0 Å². The Morgan fingerprint density at radius 1 is 1.22 bits per heavy atom. The average Bonchev–Trinajstić information content (AvgIpc) is 2.99. The van der Waals surface area contributed by atoms with E-state index in [-0.39, 0.29) is 18.1 Å². The van der Waals surface area contributed by atoms with Crippen LogP contribution in [-0.2, 0) is 9.47 Å². The van der Waals surface area contributed by atoms with E-state index in [4.69, 9.17) is 14.2 Å². The highest BCUT2D eigenvalue weighted by Crippen LogP contribution is 2.28. The number of esters is 1. The highest BCUT2D eigenvalue weighted by atomic mass is 16.6. The van der Waals surface area contributed by atoms with Crippen LogP contribution in [0, 0.1) is 0 Å². The van der Waals surface area contributed by atoms with Crippen molar-refractivity contribution in [3.63, 3.8) is 0 Å². The Kier molecular flexibility index (Phi) is 6.27. The second-order valence-electron chi connectivity index (χ2n) is 8.53. The first-order valence-electron chi connectivity index (χ1n) is 9.87. The summed E-state index contributed by atoms with van der Waals surface area (Å²) in [5, 5.41) is 3.52. The Labute approximate surface area is 162 Å². The van der Waals surface area contributed by atoms with Gasteiger partial charge in [-0.15, -0.1) is 0 Å². The molecule has 1 aromatic carbocycles. The molecule has 0 bridgehead atoms. The molecule has 27 heavy (non-hydrogen) atoms.